The summed E-state index contributed by atoms with van der Waals surface area (Å²) in [5.74, 6) is 2.35. The van der Waals surface area contributed by atoms with Gasteiger partial charge in [-0.05, 0) is 92.0 Å². The second-order valence-electron chi connectivity index (χ2n) is 10.8. The van der Waals surface area contributed by atoms with E-state index in [0.29, 0.717) is 18.1 Å². The number of Topliss-reactive ketones (excluding diaryl/α,β-unsaturated/α-hetero) is 1. The van der Waals surface area contributed by atoms with Gasteiger partial charge >= 0.3 is 0 Å². The first-order chi connectivity index (χ1) is 17.1. The molecule has 0 unspecified atom stereocenters. The van der Waals surface area contributed by atoms with Gasteiger partial charge in [0.25, 0.3) is 0 Å². The lowest BCUT2D eigenvalue weighted by molar-refractivity contribution is -0.128. The maximum Gasteiger partial charge on any atom is 0.136 e. The molecule has 0 aromatic heterocycles. The normalized spacial score (nSPS) is 26.8. The van der Waals surface area contributed by atoms with Crippen molar-refractivity contribution in [1.29, 1.82) is 5.26 Å². The van der Waals surface area contributed by atoms with E-state index in [1.54, 1.807) is 0 Å². The van der Waals surface area contributed by atoms with Crippen LogP contribution in [0.3, 0.4) is 0 Å². The lowest BCUT2D eigenvalue weighted by Crippen LogP contribution is -2.38. The summed E-state index contributed by atoms with van der Waals surface area (Å²) >= 11 is 0. The minimum atomic E-state index is -0.301. The molecule has 2 atom stereocenters. The van der Waals surface area contributed by atoms with Crippen LogP contribution >= 0.6 is 0 Å². The van der Waals surface area contributed by atoms with Gasteiger partial charge in [0.05, 0.1) is 18.1 Å². The molecule has 186 valence electrons. The second kappa shape index (κ2) is 11.9. The minimum Gasteiger partial charge on any atom is -0.494 e. The molecule has 0 bridgehead atoms. The standard InChI is InChI=1S/C32H41NO2/c1-3-5-21-35-30-15-12-26(13-16-30)24-7-9-25(10-8-24)27-17-19-32(23-33,20-18-27)29-14-11-28(6-4-2)31(34)22-29/h7-10,12-13,15-16,27-29H,3-6,11,14,17-22H2,1-2H3/t27-,28-,29-,32+/m1/s1. The number of carbonyl (C=O) groups is 1. The highest BCUT2D eigenvalue weighted by Gasteiger charge is 2.45. The Bertz CT molecular complexity index is 993. The number of rotatable bonds is 9. The molecule has 2 aromatic rings. The van der Waals surface area contributed by atoms with E-state index in [1.807, 2.05) is 0 Å². The Morgan fingerprint density at radius 3 is 2.14 bits per heavy atom. The van der Waals surface area contributed by atoms with Gasteiger partial charge in [-0.2, -0.15) is 5.26 Å². The number of ketones is 1. The summed E-state index contributed by atoms with van der Waals surface area (Å²) in [6, 6.07) is 20.1. The summed E-state index contributed by atoms with van der Waals surface area (Å²) in [7, 11) is 0. The van der Waals surface area contributed by atoms with Gasteiger partial charge in [0.1, 0.15) is 11.5 Å². The maximum atomic E-state index is 12.7. The molecule has 3 nitrogen and oxygen atoms in total. The van der Waals surface area contributed by atoms with Crippen LogP contribution in [-0.2, 0) is 4.79 Å². The molecule has 2 fully saturated rings. The predicted molar refractivity (Wildman–Crippen MR) is 142 cm³/mol. The highest BCUT2D eigenvalue weighted by Crippen LogP contribution is 2.51. The summed E-state index contributed by atoms with van der Waals surface area (Å²) in [5, 5.41) is 10.2. The zero-order chi connectivity index (χ0) is 24.7. The average molecular weight is 472 g/mol. The Hall–Kier alpha value is -2.60. The van der Waals surface area contributed by atoms with E-state index in [-0.39, 0.29) is 17.3 Å². The third-order valence-corrected chi connectivity index (χ3v) is 8.62. The average Bonchev–Trinajstić information content (AvgIpc) is 2.91. The van der Waals surface area contributed by atoms with Gasteiger partial charge < -0.3 is 4.74 Å². The number of nitriles is 1. The smallest absolute Gasteiger partial charge is 0.136 e. The van der Waals surface area contributed by atoms with Crippen LogP contribution in [0.5, 0.6) is 5.75 Å². The van der Waals surface area contributed by atoms with Gasteiger partial charge in [-0.3, -0.25) is 4.79 Å². The molecule has 0 aliphatic heterocycles. The summed E-state index contributed by atoms with van der Waals surface area (Å²) in [6.45, 7) is 5.10. The third-order valence-electron chi connectivity index (χ3n) is 8.62. The Kier molecular flexibility index (Phi) is 8.66. The highest BCUT2D eigenvalue weighted by atomic mass is 16.5. The van der Waals surface area contributed by atoms with Gasteiger partial charge in [-0.25, -0.2) is 0 Å². The first-order valence-electron chi connectivity index (χ1n) is 13.9. The molecule has 2 aromatic carbocycles. The van der Waals surface area contributed by atoms with Crippen LogP contribution in [-0.4, -0.2) is 12.4 Å². The molecule has 35 heavy (non-hydrogen) atoms. The fourth-order valence-electron chi connectivity index (χ4n) is 6.30. The monoisotopic (exact) mass is 471 g/mol. The van der Waals surface area contributed by atoms with Crippen LogP contribution in [0, 0.1) is 28.6 Å². The van der Waals surface area contributed by atoms with Gasteiger partial charge in [0.2, 0.25) is 0 Å². The van der Waals surface area contributed by atoms with Crippen molar-refractivity contribution in [2.45, 2.75) is 90.4 Å². The molecule has 2 aliphatic carbocycles. The first-order valence-corrected chi connectivity index (χ1v) is 13.9. The van der Waals surface area contributed by atoms with Crippen molar-refractivity contribution in [3.05, 3.63) is 54.1 Å². The van der Waals surface area contributed by atoms with E-state index in [4.69, 9.17) is 4.74 Å². The summed E-state index contributed by atoms with van der Waals surface area (Å²) < 4.78 is 5.79. The lowest BCUT2D eigenvalue weighted by Gasteiger charge is -2.43. The fraction of sp³-hybridized carbons (Fsp3) is 0.562. The van der Waals surface area contributed by atoms with Crippen LogP contribution in [0.1, 0.15) is 96.0 Å². The van der Waals surface area contributed by atoms with E-state index >= 15 is 0 Å². The van der Waals surface area contributed by atoms with Gasteiger partial charge in [0, 0.05) is 12.3 Å². The molecule has 0 spiro atoms. The van der Waals surface area contributed by atoms with Crippen molar-refractivity contribution in [2.75, 3.05) is 6.61 Å². The zero-order valence-corrected chi connectivity index (χ0v) is 21.6. The molecule has 4 rings (SSSR count). The van der Waals surface area contributed by atoms with Crippen molar-refractivity contribution >= 4 is 5.78 Å². The van der Waals surface area contributed by atoms with Crippen molar-refractivity contribution < 1.29 is 9.53 Å². The number of ether oxygens (including phenoxy) is 1. The highest BCUT2D eigenvalue weighted by molar-refractivity contribution is 5.82. The molecule has 2 aliphatic rings. The van der Waals surface area contributed by atoms with E-state index in [9.17, 15) is 10.1 Å². The van der Waals surface area contributed by atoms with Crippen molar-refractivity contribution in [1.82, 2.24) is 0 Å². The number of unbranched alkanes of at least 4 members (excludes halogenated alkanes) is 1. The van der Waals surface area contributed by atoms with Crippen LogP contribution in [0.4, 0.5) is 0 Å². The molecule has 0 saturated heterocycles. The van der Waals surface area contributed by atoms with Gasteiger partial charge in [-0.15, -0.1) is 0 Å². The quantitative estimate of drug-likeness (QED) is 0.344. The van der Waals surface area contributed by atoms with Crippen molar-refractivity contribution in [2.24, 2.45) is 17.3 Å². The minimum absolute atomic E-state index is 0.242. The van der Waals surface area contributed by atoms with E-state index in [0.717, 1.165) is 76.6 Å². The maximum absolute atomic E-state index is 12.7. The number of hydrogen-bond acceptors (Lipinski definition) is 3. The van der Waals surface area contributed by atoms with Crippen LogP contribution in [0.2, 0.25) is 0 Å². The van der Waals surface area contributed by atoms with Crippen LogP contribution < -0.4 is 4.74 Å². The SMILES string of the molecule is CCCCOc1ccc(-c2ccc([C@H]3CC[C@@](C#N)([C@@H]4CC[C@@H](CCC)C(=O)C4)CC3)cc2)cc1. The lowest BCUT2D eigenvalue weighted by atomic mass is 9.59. The Balaban J connectivity index is 1.34. The molecule has 0 radical (unpaired) electrons. The van der Waals surface area contributed by atoms with Crippen LogP contribution in [0.25, 0.3) is 11.1 Å². The number of hydrogen-bond donors (Lipinski definition) is 0. The number of carbonyl (C=O) groups excluding carboxylic acids is 1. The number of nitrogens with zero attached hydrogens (tertiary/aromatic N) is 1. The molecular weight excluding hydrogens is 430 g/mol. The molecular formula is C32H41NO2. The predicted octanol–water partition coefficient (Wildman–Crippen LogP) is 8.49. The second-order valence-corrected chi connectivity index (χ2v) is 10.8. The molecule has 0 heterocycles. The fourth-order valence-corrected chi connectivity index (χ4v) is 6.30. The summed E-state index contributed by atoms with van der Waals surface area (Å²) in [4.78, 5) is 12.7. The van der Waals surface area contributed by atoms with E-state index < -0.39 is 0 Å². The van der Waals surface area contributed by atoms with Gasteiger partial charge in [-0.1, -0.05) is 63.1 Å². The van der Waals surface area contributed by atoms with Gasteiger partial charge in [0.15, 0.2) is 0 Å². The van der Waals surface area contributed by atoms with E-state index in [2.05, 4.69) is 68.4 Å². The zero-order valence-electron chi connectivity index (χ0n) is 21.6. The summed E-state index contributed by atoms with van der Waals surface area (Å²) in [5.41, 5.74) is 3.50. The molecule has 3 heteroatoms. The Morgan fingerprint density at radius 1 is 0.914 bits per heavy atom. The van der Waals surface area contributed by atoms with Crippen LogP contribution in [0.15, 0.2) is 48.5 Å². The molecule has 0 amide bonds. The molecule has 2 saturated carbocycles. The van der Waals surface area contributed by atoms with Crippen molar-refractivity contribution in [3.8, 4) is 22.9 Å². The summed E-state index contributed by atoms with van der Waals surface area (Å²) in [6.07, 6.45) is 10.9. The number of benzene rings is 2. The molecule has 0 N–H and O–H groups in total. The topological polar surface area (TPSA) is 50.1 Å². The van der Waals surface area contributed by atoms with Crippen molar-refractivity contribution in [3.63, 3.8) is 0 Å². The largest absolute Gasteiger partial charge is 0.494 e. The Labute approximate surface area is 211 Å². The third kappa shape index (κ3) is 5.97. The first kappa shape index (κ1) is 25.5. The van der Waals surface area contributed by atoms with E-state index in [1.165, 1.54) is 16.7 Å². The Morgan fingerprint density at radius 2 is 1.57 bits per heavy atom.